The molecule has 0 atom stereocenters. The van der Waals surface area contributed by atoms with Gasteiger partial charge in [0.2, 0.25) is 11.0 Å². The molecule has 0 saturated carbocycles. The Labute approximate surface area is 259 Å². The summed E-state index contributed by atoms with van der Waals surface area (Å²) in [4.78, 5) is 27.6. The molecule has 0 aliphatic carbocycles. The van der Waals surface area contributed by atoms with Crippen LogP contribution in [0.3, 0.4) is 0 Å². The summed E-state index contributed by atoms with van der Waals surface area (Å²) < 4.78 is 99.6. The molecule has 0 bridgehead atoms. The molecule has 0 N–H and O–H groups in total. The average Bonchev–Trinajstić information content (AvgIpc) is 3.11. The van der Waals surface area contributed by atoms with Crippen LogP contribution < -0.4 is 0 Å². The highest BCUT2D eigenvalue weighted by Crippen LogP contribution is 2.47. The fourth-order valence-electron chi connectivity index (χ4n) is 5.45. The fraction of sp³-hybridized carbons (Fsp3) is 0. The van der Waals surface area contributed by atoms with Crippen LogP contribution in [-0.4, -0.2) is 29.9 Å². The van der Waals surface area contributed by atoms with Crippen molar-refractivity contribution in [2.24, 2.45) is 0 Å². The maximum atomic E-state index is 16.6. The van der Waals surface area contributed by atoms with Gasteiger partial charge in [-0.15, -0.1) is 9.97 Å². The van der Waals surface area contributed by atoms with E-state index < -0.39 is 135 Å². The zero-order valence-corrected chi connectivity index (χ0v) is 22.6. The normalized spacial score (nSPS) is 11.0. The molecule has 0 aliphatic heterocycles. The molecule has 48 heavy (non-hydrogen) atoms. The van der Waals surface area contributed by atoms with E-state index in [0.29, 0.717) is 0 Å². The Balaban J connectivity index is 1.94. The van der Waals surface area contributed by atoms with E-state index in [0.717, 1.165) is 0 Å². The molecule has 7 rings (SSSR count). The predicted octanol–water partition coefficient (Wildman–Crippen LogP) is 6.40. The predicted molar refractivity (Wildman–Crippen MR) is 149 cm³/mol. The number of halogens is 6. The number of nitriles is 4. The van der Waals surface area contributed by atoms with Crippen molar-refractivity contribution in [2.75, 3.05) is 0 Å². The molecule has 7 aromatic rings. The van der Waals surface area contributed by atoms with E-state index in [-0.39, 0.29) is 0 Å². The molecule has 18 heteroatoms. The number of hydrogen-bond donors (Lipinski definition) is 0. The van der Waals surface area contributed by atoms with Crippen LogP contribution in [-0.2, 0) is 0 Å². The van der Waals surface area contributed by atoms with Crippen LogP contribution in [0.15, 0.2) is 0 Å². The molecule has 222 valence electrons. The summed E-state index contributed by atoms with van der Waals surface area (Å²) in [5.74, 6) is -11.9. The SMILES string of the molecule is [C-]#[N+]c1nc2c(F)c3c4c(F)c5nc(C#N)c(C#N)nc5c(F)c4c4c(F)c5nc(C#N)c(C#N)nc5c(F)c4c3c(F)c2nc1[N+]#[C-]. The van der Waals surface area contributed by atoms with Gasteiger partial charge in [-0.3, -0.25) is 0 Å². The lowest BCUT2D eigenvalue weighted by molar-refractivity contribution is 0.618. The van der Waals surface area contributed by atoms with Crippen molar-refractivity contribution >= 4 is 77.1 Å². The number of aromatic nitrogens is 6. The first-order valence-electron chi connectivity index (χ1n) is 12.6. The van der Waals surface area contributed by atoms with Crippen molar-refractivity contribution in [1.29, 1.82) is 21.0 Å². The minimum absolute atomic E-state index is 0.792. The molecule has 3 heterocycles. The Morgan fingerprint density at radius 1 is 0.375 bits per heavy atom. The van der Waals surface area contributed by atoms with E-state index in [4.69, 9.17) is 13.1 Å². The average molecular weight is 642 g/mol. The van der Waals surface area contributed by atoms with E-state index in [1.165, 1.54) is 24.3 Å². The summed E-state index contributed by atoms with van der Waals surface area (Å²) in [5, 5.41) is 30.0. The first-order chi connectivity index (χ1) is 23.1. The van der Waals surface area contributed by atoms with Crippen molar-refractivity contribution < 1.29 is 26.3 Å². The van der Waals surface area contributed by atoms with Crippen molar-refractivity contribution in [3.63, 3.8) is 0 Å². The smallest absolute Gasteiger partial charge is 0.294 e. The standard InChI is InChI=1S/C30F6N12/c1-41-29-30(42-2)48-28-22(36)16-14-12(18(32)24-26(20(14)34)46-10(6-40)8(4-38)44-24)11-13(15(16)21(35)27(28)47-29)19(33)25-23(17(11)31)43-7(3-37)9(5-39)45-25. The van der Waals surface area contributed by atoms with Gasteiger partial charge in [0.05, 0.1) is 0 Å². The molecule has 0 unspecified atom stereocenters. The molecular formula is C30F6N12. The second-order valence-corrected chi connectivity index (χ2v) is 9.61. The van der Waals surface area contributed by atoms with Crippen LogP contribution in [0.25, 0.3) is 75.1 Å². The van der Waals surface area contributed by atoms with Gasteiger partial charge in [-0.25, -0.2) is 46.3 Å². The first-order valence-corrected chi connectivity index (χ1v) is 12.6. The molecule has 0 radical (unpaired) electrons. The molecule has 3 aromatic heterocycles. The van der Waals surface area contributed by atoms with Gasteiger partial charge in [-0.1, -0.05) is 13.1 Å². The third-order valence-corrected chi connectivity index (χ3v) is 7.35. The Morgan fingerprint density at radius 2 is 0.562 bits per heavy atom. The largest absolute Gasteiger partial charge is 0.370 e. The van der Waals surface area contributed by atoms with Gasteiger partial charge >= 0.3 is 0 Å². The lowest BCUT2D eigenvalue weighted by Crippen LogP contribution is -2.06. The van der Waals surface area contributed by atoms with Crippen molar-refractivity contribution in [3.8, 4) is 24.3 Å². The highest BCUT2D eigenvalue weighted by atomic mass is 19.1. The Kier molecular flexibility index (Phi) is 5.94. The van der Waals surface area contributed by atoms with E-state index in [1.807, 2.05) is 0 Å². The molecule has 0 amide bonds. The number of rotatable bonds is 0. The fourth-order valence-corrected chi connectivity index (χ4v) is 5.45. The monoisotopic (exact) mass is 642 g/mol. The van der Waals surface area contributed by atoms with Gasteiger partial charge in [0.15, 0.2) is 57.7 Å². The van der Waals surface area contributed by atoms with Crippen molar-refractivity contribution in [2.45, 2.75) is 0 Å². The highest BCUT2D eigenvalue weighted by Gasteiger charge is 2.34. The van der Waals surface area contributed by atoms with Crippen LogP contribution in [0, 0.1) is 93.4 Å². The maximum Gasteiger partial charge on any atom is 0.294 e. The van der Waals surface area contributed by atoms with E-state index in [2.05, 4.69) is 39.6 Å². The van der Waals surface area contributed by atoms with Crippen molar-refractivity contribution in [1.82, 2.24) is 29.9 Å². The number of fused-ring (bicyclic) bond motifs is 9. The molecular weight excluding hydrogens is 642 g/mol. The topological polar surface area (TPSA) is 181 Å². The molecule has 0 spiro atoms. The summed E-state index contributed by atoms with van der Waals surface area (Å²) in [6.07, 6.45) is 0. The molecule has 0 fully saturated rings. The minimum Gasteiger partial charge on any atom is -0.370 e. The quantitative estimate of drug-likeness (QED) is 0.0777. The summed E-state index contributed by atoms with van der Waals surface area (Å²) >= 11 is 0. The van der Waals surface area contributed by atoms with Gasteiger partial charge in [0.1, 0.15) is 46.3 Å². The van der Waals surface area contributed by atoms with Gasteiger partial charge in [-0.2, -0.15) is 21.0 Å². The molecule has 4 aromatic carbocycles. The summed E-state index contributed by atoms with van der Waals surface area (Å²) in [5.41, 5.74) is -9.66. The Bertz CT molecular complexity index is 2490. The second-order valence-electron chi connectivity index (χ2n) is 9.61. The van der Waals surface area contributed by atoms with E-state index in [1.54, 1.807) is 0 Å². The molecule has 12 nitrogen and oxygen atoms in total. The Morgan fingerprint density at radius 3 is 0.729 bits per heavy atom. The second kappa shape index (κ2) is 9.85. The number of nitrogens with zero attached hydrogens (tertiary/aromatic N) is 12. The lowest BCUT2D eigenvalue weighted by Gasteiger charge is -2.17. The van der Waals surface area contributed by atoms with Gasteiger partial charge in [0, 0.05) is 32.3 Å². The zero-order chi connectivity index (χ0) is 34.3. The maximum absolute atomic E-state index is 16.6. The third kappa shape index (κ3) is 3.43. The van der Waals surface area contributed by atoms with Gasteiger partial charge in [-0.05, 0) is 0 Å². The van der Waals surface area contributed by atoms with Crippen LogP contribution >= 0.6 is 0 Å². The molecule has 0 saturated heterocycles. The summed E-state index contributed by atoms with van der Waals surface area (Å²) in [6, 6.07) is 5.84. The summed E-state index contributed by atoms with van der Waals surface area (Å²) in [7, 11) is 0. The number of hydrogen-bond acceptors (Lipinski definition) is 10. The third-order valence-electron chi connectivity index (χ3n) is 7.35. The Hall–Kier alpha value is -7.80. The van der Waals surface area contributed by atoms with Crippen LogP contribution in [0.2, 0.25) is 0 Å². The highest BCUT2D eigenvalue weighted by molar-refractivity contribution is 6.31. The lowest BCUT2D eigenvalue weighted by atomic mass is 9.90. The van der Waals surface area contributed by atoms with Crippen LogP contribution in [0.4, 0.5) is 38.0 Å². The van der Waals surface area contributed by atoms with Crippen LogP contribution in [0.1, 0.15) is 22.8 Å². The van der Waals surface area contributed by atoms with Crippen LogP contribution in [0.5, 0.6) is 0 Å². The minimum atomic E-state index is -1.72. The van der Waals surface area contributed by atoms with E-state index >= 15 is 26.3 Å². The van der Waals surface area contributed by atoms with Crippen molar-refractivity contribution in [3.05, 3.63) is 80.5 Å². The van der Waals surface area contributed by atoms with Gasteiger partial charge in [0.25, 0.3) is 11.6 Å². The number of benzene rings is 4. The molecule has 0 aliphatic rings. The zero-order valence-electron chi connectivity index (χ0n) is 22.6. The van der Waals surface area contributed by atoms with E-state index in [9.17, 15) is 21.0 Å². The first kappa shape index (κ1) is 28.9. The summed E-state index contributed by atoms with van der Waals surface area (Å²) in [6.45, 7) is 14.5. The van der Waals surface area contributed by atoms with Gasteiger partial charge < -0.3 is 9.69 Å².